The number of nitrogens with two attached hydrogens (primary N) is 1. The molecule has 0 unspecified atom stereocenters. The molecule has 0 heterocycles. The summed E-state index contributed by atoms with van der Waals surface area (Å²) < 4.78 is 5.55. The number of ether oxygens (including phenoxy) is 1. The summed E-state index contributed by atoms with van der Waals surface area (Å²) in [6.45, 7) is 3.08. The monoisotopic (exact) mass is 243 g/mol. The van der Waals surface area contributed by atoms with E-state index in [1.807, 2.05) is 25.1 Å². The Labute approximate surface area is 101 Å². The fourth-order valence-corrected chi connectivity index (χ4v) is 1.51. The fraction of sp³-hybridized carbons (Fsp3) is 0.500. The summed E-state index contributed by atoms with van der Waals surface area (Å²) in [4.78, 5) is 0. The molecule has 1 rings (SSSR count). The second kappa shape index (κ2) is 6.74. The Kier molecular flexibility index (Phi) is 5.60. The molecule has 0 aliphatic rings. The maximum atomic E-state index is 8.96. The summed E-state index contributed by atoms with van der Waals surface area (Å²) >= 11 is 5.98. The lowest BCUT2D eigenvalue weighted by Crippen LogP contribution is -2.20. The molecule has 0 bridgehead atoms. The van der Waals surface area contributed by atoms with Gasteiger partial charge in [0.15, 0.2) is 0 Å². The Morgan fingerprint density at radius 2 is 2.25 bits per heavy atom. The third kappa shape index (κ3) is 4.00. The van der Waals surface area contributed by atoms with Crippen molar-refractivity contribution in [2.45, 2.75) is 13.3 Å². The van der Waals surface area contributed by atoms with Crippen LogP contribution < -0.4 is 10.5 Å². The van der Waals surface area contributed by atoms with Crippen LogP contribution in [-0.2, 0) is 0 Å². The summed E-state index contributed by atoms with van der Waals surface area (Å²) in [6.07, 6.45) is 0.733. The molecule has 0 aliphatic carbocycles. The molecule has 0 radical (unpaired) electrons. The largest absolute Gasteiger partial charge is 0.492 e. The second-order valence-corrected chi connectivity index (χ2v) is 4.26. The molecule has 4 heteroatoms. The molecule has 1 aromatic rings. The Hall–Kier alpha value is -0.770. The molecular weight excluding hydrogens is 226 g/mol. The predicted molar refractivity (Wildman–Crippen MR) is 65.9 cm³/mol. The third-order valence-corrected chi connectivity index (χ3v) is 2.77. The average molecular weight is 244 g/mol. The van der Waals surface area contributed by atoms with Gasteiger partial charge in [-0.3, -0.25) is 0 Å². The van der Waals surface area contributed by atoms with Gasteiger partial charge in [-0.05, 0) is 43.5 Å². The molecule has 90 valence electrons. The Bertz CT molecular complexity index is 327. The zero-order chi connectivity index (χ0) is 12.0. The van der Waals surface area contributed by atoms with Crippen molar-refractivity contribution in [2.24, 2.45) is 11.7 Å². The lowest BCUT2D eigenvalue weighted by Gasteiger charge is -2.13. The predicted octanol–water partition coefficient (Wildman–Crippen LogP) is 1.98. The van der Waals surface area contributed by atoms with Gasteiger partial charge in [-0.1, -0.05) is 17.7 Å². The molecule has 1 atom stereocenters. The molecule has 0 aromatic heterocycles. The van der Waals surface area contributed by atoms with E-state index in [2.05, 4.69) is 0 Å². The number of aryl methyl sites for hydroxylation is 1. The fourth-order valence-electron chi connectivity index (χ4n) is 1.34. The lowest BCUT2D eigenvalue weighted by molar-refractivity contribution is 0.195. The zero-order valence-electron chi connectivity index (χ0n) is 9.45. The van der Waals surface area contributed by atoms with Gasteiger partial charge in [0.1, 0.15) is 5.75 Å². The van der Waals surface area contributed by atoms with Crippen molar-refractivity contribution in [3.63, 3.8) is 0 Å². The number of rotatable bonds is 6. The van der Waals surface area contributed by atoms with Crippen LogP contribution in [-0.4, -0.2) is 24.9 Å². The van der Waals surface area contributed by atoms with Gasteiger partial charge in [0.25, 0.3) is 0 Å². The molecule has 0 saturated carbocycles. The average Bonchev–Trinajstić information content (AvgIpc) is 2.29. The van der Waals surface area contributed by atoms with Crippen LogP contribution >= 0.6 is 11.6 Å². The van der Waals surface area contributed by atoms with Crippen LogP contribution in [0.2, 0.25) is 5.02 Å². The Morgan fingerprint density at radius 1 is 1.50 bits per heavy atom. The van der Waals surface area contributed by atoms with Gasteiger partial charge in [0, 0.05) is 6.61 Å². The van der Waals surface area contributed by atoms with Crippen molar-refractivity contribution >= 4 is 11.6 Å². The standard InChI is InChI=1S/C12H18ClNO2/c1-9-2-3-11(13)12(6-9)16-5-4-10(7-14)8-15/h2-3,6,10,15H,4-5,7-8,14H2,1H3/t10-/m0/s1. The van der Waals surface area contributed by atoms with Crippen molar-refractivity contribution in [1.29, 1.82) is 0 Å². The molecule has 0 saturated heterocycles. The van der Waals surface area contributed by atoms with Gasteiger partial charge in [-0.2, -0.15) is 0 Å². The number of hydrogen-bond donors (Lipinski definition) is 2. The first-order valence-corrected chi connectivity index (χ1v) is 5.75. The molecule has 0 amide bonds. The highest BCUT2D eigenvalue weighted by atomic mass is 35.5. The van der Waals surface area contributed by atoms with Crippen LogP contribution in [0.1, 0.15) is 12.0 Å². The van der Waals surface area contributed by atoms with Gasteiger partial charge in [0.2, 0.25) is 0 Å². The van der Waals surface area contributed by atoms with E-state index in [4.69, 9.17) is 27.2 Å². The number of benzene rings is 1. The van der Waals surface area contributed by atoms with Gasteiger partial charge in [0.05, 0.1) is 11.6 Å². The van der Waals surface area contributed by atoms with E-state index in [0.717, 1.165) is 12.0 Å². The second-order valence-electron chi connectivity index (χ2n) is 3.86. The molecular formula is C12H18ClNO2. The number of halogens is 1. The SMILES string of the molecule is Cc1ccc(Cl)c(OCC[C@@H](CN)CO)c1. The van der Waals surface area contributed by atoms with E-state index in [-0.39, 0.29) is 12.5 Å². The molecule has 0 aliphatic heterocycles. The van der Waals surface area contributed by atoms with Gasteiger partial charge in [-0.25, -0.2) is 0 Å². The summed E-state index contributed by atoms with van der Waals surface area (Å²) in [5.74, 6) is 0.791. The summed E-state index contributed by atoms with van der Waals surface area (Å²) in [6, 6.07) is 5.66. The van der Waals surface area contributed by atoms with E-state index in [0.29, 0.717) is 23.9 Å². The number of aliphatic hydroxyl groups excluding tert-OH is 1. The van der Waals surface area contributed by atoms with Crippen LogP contribution in [0.4, 0.5) is 0 Å². The van der Waals surface area contributed by atoms with Crippen LogP contribution in [0.3, 0.4) is 0 Å². The highest BCUT2D eigenvalue weighted by Gasteiger charge is 2.06. The van der Waals surface area contributed by atoms with E-state index >= 15 is 0 Å². The van der Waals surface area contributed by atoms with E-state index in [1.165, 1.54) is 0 Å². The highest BCUT2D eigenvalue weighted by molar-refractivity contribution is 6.32. The van der Waals surface area contributed by atoms with Crippen molar-refractivity contribution in [1.82, 2.24) is 0 Å². The minimum Gasteiger partial charge on any atom is -0.492 e. The maximum Gasteiger partial charge on any atom is 0.138 e. The normalized spacial score (nSPS) is 12.5. The van der Waals surface area contributed by atoms with Crippen molar-refractivity contribution in [3.8, 4) is 5.75 Å². The van der Waals surface area contributed by atoms with E-state index in [1.54, 1.807) is 0 Å². The minimum absolute atomic E-state index is 0.0986. The number of hydrogen-bond acceptors (Lipinski definition) is 3. The molecule has 3 nitrogen and oxygen atoms in total. The van der Waals surface area contributed by atoms with E-state index in [9.17, 15) is 0 Å². The van der Waals surface area contributed by atoms with Gasteiger partial charge in [-0.15, -0.1) is 0 Å². The molecule has 16 heavy (non-hydrogen) atoms. The third-order valence-electron chi connectivity index (χ3n) is 2.46. The molecule has 1 aromatic carbocycles. The molecule has 3 N–H and O–H groups in total. The zero-order valence-corrected chi connectivity index (χ0v) is 10.2. The Balaban J connectivity index is 2.45. The minimum atomic E-state index is 0.0986. The van der Waals surface area contributed by atoms with Crippen LogP contribution in [0.5, 0.6) is 5.75 Å². The first kappa shape index (κ1) is 13.3. The van der Waals surface area contributed by atoms with Crippen molar-refractivity contribution in [2.75, 3.05) is 19.8 Å². The summed E-state index contributed by atoms with van der Waals surface area (Å²) in [7, 11) is 0. The van der Waals surface area contributed by atoms with E-state index < -0.39 is 0 Å². The quantitative estimate of drug-likeness (QED) is 0.804. The summed E-state index contributed by atoms with van der Waals surface area (Å²) in [5, 5.41) is 9.57. The van der Waals surface area contributed by atoms with Crippen LogP contribution in [0.25, 0.3) is 0 Å². The summed E-state index contributed by atoms with van der Waals surface area (Å²) in [5.41, 5.74) is 6.58. The van der Waals surface area contributed by atoms with Crippen molar-refractivity contribution < 1.29 is 9.84 Å². The van der Waals surface area contributed by atoms with Crippen LogP contribution in [0, 0.1) is 12.8 Å². The van der Waals surface area contributed by atoms with Gasteiger partial charge >= 0.3 is 0 Å². The highest BCUT2D eigenvalue weighted by Crippen LogP contribution is 2.25. The topological polar surface area (TPSA) is 55.5 Å². The molecule has 0 spiro atoms. The first-order chi connectivity index (χ1) is 7.67. The molecule has 0 fully saturated rings. The lowest BCUT2D eigenvalue weighted by atomic mass is 10.1. The maximum absolute atomic E-state index is 8.96. The van der Waals surface area contributed by atoms with Gasteiger partial charge < -0.3 is 15.6 Å². The Morgan fingerprint density at radius 3 is 2.88 bits per heavy atom. The smallest absolute Gasteiger partial charge is 0.138 e. The number of aliphatic hydroxyl groups is 1. The van der Waals surface area contributed by atoms with Crippen molar-refractivity contribution in [3.05, 3.63) is 28.8 Å². The first-order valence-electron chi connectivity index (χ1n) is 5.37. The van der Waals surface area contributed by atoms with Crippen LogP contribution in [0.15, 0.2) is 18.2 Å².